The van der Waals surface area contributed by atoms with Gasteiger partial charge in [-0.05, 0) is 38.9 Å². The van der Waals surface area contributed by atoms with Crippen molar-refractivity contribution in [2.24, 2.45) is 5.41 Å². The monoisotopic (exact) mass is 265 g/mol. The zero-order valence-corrected chi connectivity index (χ0v) is 12.4. The molecule has 0 aromatic rings. The Bertz CT molecular complexity index is 312. The van der Waals surface area contributed by atoms with E-state index in [1.54, 1.807) is 0 Å². The van der Waals surface area contributed by atoms with E-state index in [1.165, 1.54) is 0 Å². The van der Waals surface area contributed by atoms with Crippen molar-refractivity contribution in [1.82, 2.24) is 10.2 Å². The van der Waals surface area contributed by atoms with Crippen molar-refractivity contribution < 1.29 is 4.79 Å². The van der Waals surface area contributed by atoms with E-state index in [4.69, 9.17) is 0 Å². The second kappa shape index (κ2) is 8.16. The number of nitrogens with one attached hydrogen (secondary N) is 1. The normalized spacial score (nSPS) is 18.0. The summed E-state index contributed by atoms with van der Waals surface area (Å²) in [5, 5.41) is 12.3. The van der Waals surface area contributed by atoms with Gasteiger partial charge in [0.25, 0.3) is 0 Å². The van der Waals surface area contributed by atoms with Crippen molar-refractivity contribution in [2.45, 2.75) is 52.4 Å². The van der Waals surface area contributed by atoms with E-state index in [1.807, 2.05) is 0 Å². The van der Waals surface area contributed by atoms with E-state index < -0.39 is 5.41 Å². The zero-order chi connectivity index (χ0) is 14.1. The Morgan fingerprint density at radius 3 is 2.42 bits per heavy atom. The summed E-state index contributed by atoms with van der Waals surface area (Å²) >= 11 is 0. The van der Waals surface area contributed by atoms with E-state index in [0.717, 1.165) is 58.2 Å². The molecule has 0 bridgehead atoms. The van der Waals surface area contributed by atoms with Gasteiger partial charge in [0, 0.05) is 6.54 Å². The van der Waals surface area contributed by atoms with Crippen molar-refractivity contribution in [2.75, 3.05) is 26.2 Å². The summed E-state index contributed by atoms with van der Waals surface area (Å²) in [6.45, 7) is 8.08. The van der Waals surface area contributed by atoms with Gasteiger partial charge >= 0.3 is 0 Å². The Kier molecular flexibility index (Phi) is 6.86. The molecule has 1 saturated carbocycles. The largest absolute Gasteiger partial charge is 0.355 e. The van der Waals surface area contributed by atoms with Gasteiger partial charge in [0.05, 0.1) is 6.07 Å². The number of nitriles is 1. The Hall–Kier alpha value is -1.08. The molecule has 1 N–H and O–H groups in total. The molecule has 1 rings (SSSR count). The van der Waals surface area contributed by atoms with Gasteiger partial charge in [0.1, 0.15) is 5.41 Å². The second-order valence-electron chi connectivity index (χ2n) is 5.39. The fraction of sp³-hybridized carbons (Fsp3) is 0.867. The molecule has 4 nitrogen and oxygen atoms in total. The SMILES string of the molecule is CCN(CC)CCCNC(=O)C1(C#N)CCCCC1. The third kappa shape index (κ3) is 4.50. The molecule has 4 heteroatoms. The Balaban J connectivity index is 2.32. The van der Waals surface area contributed by atoms with Gasteiger partial charge in [-0.1, -0.05) is 33.1 Å². The van der Waals surface area contributed by atoms with Crippen LogP contribution in [-0.2, 0) is 4.79 Å². The highest BCUT2D eigenvalue weighted by atomic mass is 16.2. The molecule has 0 aromatic heterocycles. The second-order valence-corrected chi connectivity index (χ2v) is 5.39. The molecule has 0 aromatic carbocycles. The van der Waals surface area contributed by atoms with Crippen molar-refractivity contribution in [3.05, 3.63) is 0 Å². The molecule has 0 atom stereocenters. The lowest BCUT2D eigenvalue weighted by Gasteiger charge is -2.29. The summed E-state index contributed by atoms with van der Waals surface area (Å²) in [6.07, 6.45) is 5.56. The van der Waals surface area contributed by atoms with Crippen LogP contribution in [0.25, 0.3) is 0 Å². The van der Waals surface area contributed by atoms with Crippen LogP contribution >= 0.6 is 0 Å². The van der Waals surface area contributed by atoms with Crippen LogP contribution in [-0.4, -0.2) is 37.0 Å². The molecule has 108 valence electrons. The van der Waals surface area contributed by atoms with E-state index in [2.05, 4.69) is 30.1 Å². The number of hydrogen-bond donors (Lipinski definition) is 1. The van der Waals surface area contributed by atoms with Gasteiger partial charge in [-0.15, -0.1) is 0 Å². The van der Waals surface area contributed by atoms with Crippen molar-refractivity contribution in [1.29, 1.82) is 5.26 Å². The molecule has 0 aliphatic heterocycles. The molecule has 1 aliphatic carbocycles. The number of carbonyl (C=O) groups excluding carboxylic acids is 1. The molecule has 1 fully saturated rings. The Labute approximate surface area is 117 Å². The van der Waals surface area contributed by atoms with E-state index in [0.29, 0.717) is 6.54 Å². The topological polar surface area (TPSA) is 56.1 Å². The van der Waals surface area contributed by atoms with E-state index >= 15 is 0 Å². The van der Waals surface area contributed by atoms with Gasteiger partial charge in [-0.2, -0.15) is 5.26 Å². The molecule has 0 unspecified atom stereocenters. The first-order valence-corrected chi connectivity index (χ1v) is 7.60. The van der Waals surface area contributed by atoms with Crippen LogP contribution in [0.5, 0.6) is 0 Å². The first-order valence-electron chi connectivity index (χ1n) is 7.60. The molecule has 19 heavy (non-hydrogen) atoms. The van der Waals surface area contributed by atoms with Crippen molar-refractivity contribution in [3.8, 4) is 6.07 Å². The summed E-state index contributed by atoms with van der Waals surface area (Å²) in [4.78, 5) is 14.5. The van der Waals surface area contributed by atoms with Gasteiger partial charge < -0.3 is 10.2 Å². The number of carbonyl (C=O) groups is 1. The van der Waals surface area contributed by atoms with E-state index in [-0.39, 0.29) is 5.91 Å². The van der Waals surface area contributed by atoms with Gasteiger partial charge in [-0.25, -0.2) is 0 Å². The summed E-state index contributed by atoms with van der Waals surface area (Å²) in [6, 6.07) is 2.27. The maximum Gasteiger partial charge on any atom is 0.240 e. The number of hydrogen-bond acceptors (Lipinski definition) is 3. The molecule has 0 heterocycles. The summed E-state index contributed by atoms with van der Waals surface area (Å²) < 4.78 is 0. The maximum absolute atomic E-state index is 12.2. The first-order chi connectivity index (χ1) is 9.18. The molecular weight excluding hydrogens is 238 g/mol. The lowest BCUT2D eigenvalue weighted by Crippen LogP contribution is -2.42. The molecule has 0 spiro atoms. The predicted octanol–water partition coefficient (Wildman–Crippen LogP) is 2.31. The minimum atomic E-state index is -0.743. The number of rotatable bonds is 7. The highest BCUT2D eigenvalue weighted by molar-refractivity contribution is 5.85. The highest BCUT2D eigenvalue weighted by Crippen LogP contribution is 2.35. The average molecular weight is 265 g/mol. The van der Waals surface area contributed by atoms with Crippen LogP contribution in [0.1, 0.15) is 52.4 Å². The lowest BCUT2D eigenvalue weighted by molar-refractivity contribution is -0.129. The molecular formula is C15H27N3O. The van der Waals surface area contributed by atoms with Crippen LogP contribution < -0.4 is 5.32 Å². The molecule has 0 radical (unpaired) electrons. The van der Waals surface area contributed by atoms with Gasteiger partial charge in [-0.3, -0.25) is 4.79 Å². The van der Waals surface area contributed by atoms with E-state index in [9.17, 15) is 10.1 Å². The van der Waals surface area contributed by atoms with Crippen LogP contribution in [0.3, 0.4) is 0 Å². The zero-order valence-electron chi connectivity index (χ0n) is 12.4. The van der Waals surface area contributed by atoms with Crippen LogP contribution in [0.4, 0.5) is 0 Å². The highest BCUT2D eigenvalue weighted by Gasteiger charge is 2.39. The lowest BCUT2D eigenvalue weighted by atomic mass is 9.74. The smallest absolute Gasteiger partial charge is 0.240 e. The summed E-state index contributed by atoms with van der Waals surface area (Å²) in [7, 11) is 0. The molecule has 1 amide bonds. The third-order valence-electron chi connectivity index (χ3n) is 4.19. The Morgan fingerprint density at radius 1 is 1.26 bits per heavy atom. The van der Waals surface area contributed by atoms with Crippen LogP contribution in [0.2, 0.25) is 0 Å². The minimum Gasteiger partial charge on any atom is -0.355 e. The van der Waals surface area contributed by atoms with Crippen LogP contribution in [0, 0.1) is 16.7 Å². The number of nitrogens with zero attached hydrogens (tertiary/aromatic N) is 2. The first kappa shape index (κ1) is 16.0. The summed E-state index contributed by atoms with van der Waals surface area (Å²) in [5.74, 6) is -0.0470. The third-order valence-corrected chi connectivity index (χ3v) is 4.19. The van der Waals surface area contributed by atoms with Gasteiger partial charge in [0.15, 0.2) is 0 Å². The molecule has 1 aliphatic rings. The maximum atomic E-state index is 12.2. The van der Waals surface area contributed by atoms with Crippen LogP contribution in [0.15, 0.2) is 0 Å². The summed E-state index contributed by atoms with van der Waals surface area (Å²) in [5.41, 5.74) is -0.743. The van der Waals surface area contributed by atoms with Gasteiger partial charge in [0.2, 0.25) is 5.91 Å². The fourth-order valence-electron chi connectivity index (χ4n) is 2.76. The predicted molar refractivity (Wildman–Crippen MR) is 76.5 cm³/mol. The Morgan fingerprint density at radius 2 is 1.89 bits per heavy atom. The minimum absolute atomic E-state index is 0.0470. The average Bonchev–Trinajstić information content (AvgIpc) is 2.47. The van der Waals surface area contributed by atoms with Crippen molar-refractivity contribution in [3.63, 3.8) is 0 Å². The standard InChI is InChI=1S/C15H27N3O/c1-3-18(4-2)12-8-11-17-14(19)15(13-16)9-6-5-7-10-15/h3-12H2,1-2H3,(H,17,19). The van der Waals surface area contributed by atoms with Crippen molar-refractivity contribution >= 4 is 5.91 Å². The quantitative estimate of drug-likeness (QED) is 0.719. The molecule has 0 saturated heterocycles. The fourth-order valence-corrected chi connectivity index (χ4v) is 2.76. The number of amides is 1.